The summed E-state index contributed by atoms with van der Waals surface area (Å²) in [6, 6.07) is 7.43. The fourth-order valence-electron chi connectivity index (χ4n) is 4.29. The molecule has 3 atom stereocenters. The van der Waals surface area contributed by atoms with Gasteiger partial charge < -0.3 is 20.7 Å². The molecule has 2 amide bonds. The SMILES string of the molecule is O=C1CN([C@@H]2CCC[C@@H](NC(=O)CCc3nc4ccccc4[nH]3)[C@H]2O)CCN1. The van der Waals surface area contributed by atoms with Gasteiger partial charge in [0.2, 0.25) is 11.8 Å². The van der Waals surface area contributed by atoms with Gasteiger partial charge in [0.25, 0.3) is 0 Å². The van der Waals surface area contributed by atoms with E-state index in [1.54, 1.807) is 0 Å². The van der Waals surface area contributed by atoms with Gasteiger partial charge in [-0.2, -0.15) is 0 Å². The lowest BCUT2D eigenvalue weighted by Gasteiger charge is -2.42. The fourth-order valence-corrected chi connectivity index (χ4v) is 4.29. The summed E-state index contributed by atoms with van der Waals surface area (Å²) >= 11 is 0. The molecule has 1 aromatic heterocycles. The van der Waals surface area contributed by atoms with Gasteiger partial charge in [0, 0.05) is 32.0 Å². The van der Waals surface area contributed by atoms with Gasteiger partial charge in [-0.1, -0.05) is 12.1 Å². The van der Waals surface area contributed by atoms with Crippen LogP contribution in [0.1, 0.15) is 31.5 Å². The summed E-state index contributed by atoms with van der Waals surface area (Å²) in [7, 11) is 0. The quantitative estimate of drug-likeness (QED) is 0.593. The zero-order valence-electron chi connectivity index (χ0n) is 15.9. The van der Waals surface area contributed by atoms with E-state index in [4.69, 9.17) is 0 Å². The monoisotopic (exact) mass is 385 g/mol. The lowest BCUT2D eigenvalue weighted by Crippen LogP contribution is -2.60. The molecule has 1 saturated heterocycles. The van der Waals surface area contributed by atoms with Crippen LogP contribution in [0.2, 0.25) is 0 Å². The van der Waals surface area contributed by atoms with Crippen molar-refractivity contribution in [2.24, 2.45) is 0 Å². The first kappa shape index (κ1) is 18.9. The predicted molar refractivity (Wildman–Crippen MR) is 105 cm³/mol. The lowest BCUT2D eigenvalue weighted by molar-refractivity contribution is -0.128. The van der Waals surface area contributed by atoms with Crippen molar-refractivity contribution in [3.63, 3.8) is 0 Å². The summed E-state index contributed by atoms with van der Waals surface area (Å²) in [6.45, 7) is 1.66. The maximum absolute atomic E-state index is 12.4. The van der Waals surface area contributed by atoms with Crippen LogP contribution in [-0.2, 0) is 16.0 Å². The third-order valence-electron chi connectivity index (χ3n) is 5.73. The minimum atomic E-state index is -0.658. The number of imidazole rings is 1. The Bertz CT molecular complexity index is 818. The van der Waals surface area contributed by atoms with Crippen LogP contribution in [0.15, 0.2) is 24.3 Å². The zero-order valence-corrected chi connectivity index (χ0v) is 15.9. The highest BCUT2D eigenvalue weighted by Crippen LogP contribution is 2.24. The number of benzene rings is 1. The van der Waals surface area contributed by atoms with Gasteiger partial charge in [-0.15, -0.1) is 0 Å². The van der Waals surface area contributed by atoms with E-state index in [9.17, 15) is 14.7 Å². The number of carbonyl (C=O) groups excluding carboxylic acids is 2. The van der Waals surface area contributed by atoms with E-state index in [1.165, 1.54) is 0 Å². The smallest absolute Gasteiger partial charge is 0.234 e. The Morgan fingerprint density at radius 1 is 1.32 bits per heavy atom. The molecule has 150 valence electrons. The number of para-hydroxylation sites is 2. The number of nitrogens with one attached hydrogen (secondary N) is 3. The third-order valence-corrected chi connectivity index (χ3v) is 5.73. The van der Waals surface area contributed by atoms with E-state index in [0.29, 0.717) is 25.9 Å². The molecule has 28 heavy (non-hydrogen) atoms. The normalized spacial score (nSPS) is 26.2. The number of piperazine rings is 1. The van der Waals surface area contributed by atoms with Gasteiger partial charge in [0.05, 0.1) is 29.7 Å². The van der Waals surface area contributed by atoms with Crippen LogP contribution in [-0.4, -0.2) is 69.6 Å². The van der Waals surface area contributed by atoms with Crippen LogP contribution in [0.3, 0.4) is 0 Å². The minimum absolute atomic E-state index is 0.00422. The molecule has 1 aromatic carbocycles. The van der Waals surface area contributed by atoms with Crippen molar-refractivity contribution in [2.45, 2.75) is 50.3 Å². The highest BCUT2D eigenvalue weighted by atomic mass is 16.3. The topological polar surface area (TPSA) is 110 Å². The third kappa shape index (κ3) is 4.18. The number of aliphatic hydroxyl groups is 1. The molecule has 1 saturated carbocycles. The first-order valence-electron chi connectivity index (χ1n) is 10.0. The van der Waals surface area contributed by atoms with E-state index >= 15 is 0 Å². The second-order valence-electron chi connectivity index (χ2n) is 7.68. The average Bonchev–Trinajstić information content (AvgIpc) is 3.11. The summed E-state index contributed by atoms with van der Waals surface area (Å²) in [5, 5.41) is 16.6. The molecule has 8 nitrogen and oxygen atoms in total. The van der Waals surface area contributed by atoms with Crippen molar-refractivity contribution < 1.29 is 14.7 Å². The number of aromatic nitrogens is 2. The lowest BCUT2D eigenvalue weighted by atomic mass is 9.86. The number of aliphatic hydroxyl groups excluding tert-OH is 1. The van der Waals surface area contributed by atoms with Gasteiger partial charge in [-0.3, -0.25) is 14.5 Å². The van der Waals surface area contributed by atoms with Crippen molar-refractivity contribution in [3.8, 4) is 0 Å². The van der Waals surface area contributed by atoms with Gasteiger partial charge in [0.15, 0.2) is 0 Å². The Kier molecular flexibility index (Phi) is 5.59. The molecule has 2 fully saturated rings. The van der Waals surface area contributed by atoms with Crippen molar-refractivity contribution >= 4 is 22.8 Å². The number of fused-ring (bicyclic) bond motifs is 1. The van der Waals surface area contributed by atoms with E-state index in [-0.39, 0.29) is 23.9 Å². The molecular weight excluding hydrogens is 358 g/mol. The molecule has 1 aliphatic heterocycles. The highest BCUT2D eigenvalue weighted by Gasteiger charge is 2.37. The number of hydrogen-bond acceptors (Lipinski definition) is 5. The van der Waals surface area contributed by atoms with Gasteiger partial charge >= 0.3 is 0 Å². The number of rotatable bonds is 5. The van der Waals surface area contributed by atoms with Crippen molar-refractivity contribution in [1.82, 2.24) is 25.5 Å². The Hall–Kier alpha value is -2.45. The second-order valence-corrected chi connectivity index (χ2v) is 7.68. The average molecular weight is 385 g/mol. The second kappa shape index (κ2) is 8.28. The van der Waals surface area contributed by atoms with Crippen LogP contribution < -0.4 is 10.6 Å². The number of hydrogen-bond donors (Lipinski definition) is 4. The highest BCUT2D eigenvalue weighted by molar-refractivity contribution is 5.79. The van der Waals surface area contributed by atoms with E-state index in [1.807, 2.05) is 29.2 Å². The predicted octanol–water partition coefficient (Wildman–Crippen LogP) is 0.326. The van der Waals surface area contributed by atoms with Crippen molar-refractivity contribution in [3.05, 3.63) is 30.1 Å². The van der Waals surface area contributed by atoms with E-state index in [2.05, 4.69) is 20.6 Å². The molecule has 0 spiro atoms. The number of aryl methyl sites for hydroxylation is 1. The number of nitrogens with zero attached hydrogens (tertiary/aromatic N) is 2. The van der Waals surface area contributed by atoms with Crippen LogP contribution in [0.5, 0.6) is 0 Å². The summed E-state index contributed by atoms with van der Waals surface area (Å²) in [5.74, 6) is 0.703. The van der Waals surface area contributed by atoms with Crippen molar-refractivity contribution in [2.75, 3.05) is 19.6 Å². The summed E-state index contributed by atoms with van der Waals surface area (Å²) in [6.07, 6.45) is 2.72. The van der Waals surface area contributed by atoms with E-state index in [0.717, 1.165) is 42.7 Å². The number of H-pyrrole nitrogens is 1. The number of carbonyl (C=O) groups is 2. The standard InChI is InChI=1S/C20H27N5O3/c26-18(9-8-17-22-13-4-1-2-5-14(13)23-17)24-15-6-3-7-16(20(15)28)25-11-10-21-19(27)12-25/h1-2,4-5,15-16,20,28H,3,6-12H2,(H,21,27)(H,22,23)(H,24,26)/t15-,16-,20-/m1/s1. The van der Waals surface area contributed by atoms with E-state index < -0.39 is 6.10 Å². The molecule has 1 aliphatic carbocycles. The van der Waals surface area contributed by atoms with Crippen molar-refractivity contribution in [1.29, 1.82) is 0 Å². The Morgan fingerprint density at radius 2 is 2.18 bits per heavy atom. The maximum Gasteiger partial charge on any atom is 0.234 e. The molecule has 8 heteroatoms. The fraction of sp³-hybridized carbons (Fsp3) is 0.550. The molecule has 0 radical (unpaired) electrons. The summed E-state index contributed by atoms with van der Waals surface area (Å²) in [4.78, 5) is 33.9. The Balaban J connectivity index is 1.31. The van der Waals surface area contributed by atoms with Gasteiger partial charge in [-0.25, -0.2) is 4.98 Å². The maximum atomic E-state index is 12.4. The zero-order chi connectivity index (χ0) is 19.5. The van der Waals surface area contributed by atoms with Crippen LogP contribution in [0, 0.1) is 0 Å². The molecule has 0 bridgehead atoms. The van der Waals surface area contributed by atoms with Crippen LogP contribution in [0.4, 0.5) is 0 Å². The Morgan fingerprint density at radius 3 is 3.00 bits per heavy atom. The summed E-state index contributed by atoms with van der Waals surface area (Å²) in [5.41, 5.74) is 1.86. The molecule has 2 aliphatic rings. The molecule has 2 aromatic rings. The van der Waals surface area contributed by atoms with Gasteiger partial charge in [0.1, 0.15) is 5.82 Å². The molecule has 0 unspecified atom stereocenters. The number of amides is 2. The van der Waals surface area contributed by atoms with Crippen LogP contribution in [0.25, 0.3) is 11.0 Å². The molecular formula is C20H27N5O3. The first-order chi connectivity index (χ1) is 13.6. The largest absolute Gasteiger partial charge is 0.389 e. The minimum Gasteiger partial charge on any atom is -0.389 e. The van der Waals surface area contributed by atoms with Gasteiger partial charge in [-0.05, 0) is 31.4 Å². The Labute approximate surface area is 163 Å². The first-order valence-corrected chi connectivity index (χ1v) is 10.0. The molecule has 4 rings (SSSR count). The van der Waals surface area contributed by atoms with Crippen LogP contribution >= 0.6 is 0 Å². The number of aromatic amines is 1. The summed E-state index contributed by atoms with van der Waals surface area (Å²) < 4.78 is 0. The molecule has 2 heterocycles. The molecule has 4 N–H and O–H groups in total.